The van der Waals surface area contributed by atoms with E-state index in [4.69, 9.17) is 0 Å². The Kier molecular flexibility index (Phi) is 3.31. The molecule has 0 spiro atoms. The fraction of sp³-hybridized carbons (Fsp3) is 0.125. The van der Waals surface area contributed by atoms with Gasteiger partial charge in [0, 0.05) is 5.56 Å². The minimum Gasteiger partial charge on any atom is -0.390 e. The second kappa shape index (κ2) is 5.27. The van der Waals surface area contributed by atoms with Crippen molar-refractivity contribution >= 4 is 0 Å². The topological polar surface area (TPSA) is 50.9 Å². The van der Waals surface area contributed by atoms with Gasteiger partial charge in [0.2, 0.25) is 0 Å². The molecule has 0 fully saturated rings. The highest BCUT2D eigenvalue weighted by Crippen LogP contribution is 2.25. The maximum atomic E-state index is 9.48. The van der Waals surface area contributed by atoms with Crippen LogP contribution in [-0.4, -0.2) is 20.1 Å². The smallest absolute Gasteiger partial charge is 0.117 e. The number of hydrogen-bond acceptors (Lipinski definition) is 3. The summed E-state index contributed by atoms with van der Waals surface area (Å²) in [6.07, 6.45) is 0. The second-order valence-electron chi connectivity index (χ2n) is 4.66. The van der Waals surface area contributed by atoms with Gasteiger partial charge in [-0.15, -0.1) is 5.10 Å². The Hall–Kier alpha value is -2.46. The van der Waals surface area contributed by atoms with Gasteiger partial charge in [-0.05, 0) is 19.1 Å². The first-order chi connectivity index (χ1) is 9.79. The number of benzene rings is 2. The Morgan fingerprint density at radius 1 is 1.00 bits per heavy atom. The van der Waals surface area contributed by atoms with Crippen LogP contribution in [0.25, 0.3) is 16.9 Å². The van der Waals surface area contributed by atoms with Crippen LogP contribution in [0.2, 0.25) is 0 Å². The monoisotopic (exact) mass is 265 g/mol. The molecule has 1 N–H and O–H groups in total. The fourth-order valence-corrected chi connectivity index (χ4v) is 2.17. The number of hydrogen-bond donors (Lipinski definition) is 1. The van der Waals surface area contributed by atoms with Gasteiger partial charge in [0.25, 0.3) is 0 Å². The van der Waals surface area contributed by atoms with Crippen LogP contribution in [0.5, 0.6) is 0 Å². The summed E-state index contributed by atoms with van der Waals surface area (Å²) in [6.45, 7) is 1.92. The molecule has 100 valence electrons. The summed E-state index contributed by atoms with van der Waals surface area (Å²) in [6, 6.07) is 17.9. The molecule has 0 saturated heterocycles. The number of nitrogens with zero attached hydrogens (tertiary/aromatic N) is 3. The van der Waals surface area contributed by atoms with Crippen molar-refractivity contribution in [1.29, 1.82) is 0 Å². The first kappa shape index (κ1) is 12.6. The van der Waals surface area contributed by atoms with Crippen LogP contribution in [-0.2, 0) is 6.61 Å². The molecule has 0 aliphatic heterocycles. The zero-order valence-corrected chi connectivity index (χ0v) is 11.2. The number of aryl methyl sites for hydroxylation is 1. The lowest BCUT2D eigenvalue weighted by atomic mass is 10.1. The van der Waals surface area contributed by atoms with Crippen molar-refractivity contribution in [3.63, 3.8) is 0 Å². The van der Waals surface area contributed by atoms with Crippen LogP contribution >= 0.6 is 0 Å². The van der Waals surface area contributed by atoms with E-state index in [0.29, 0.717) is 5.69 Å². The molecule has 0 amide bonds. The summed E-state index contributed by atoms with van der Waals surface area (Å²) in [5, 5.41) is 17.7. The first-order valence-corrected chi connectivity index (χ1v) is 6.47. The number of para-hydroxylation sites is 1. The van der Waals surface area contributed by atoms with Crippen molar-refractivity contribution in [3.05, 3.63) is 65.9 Å². The normalized spacial score (nSPS) is 10.7. The number of aliphatic hydroxyl groups is 1. The van der Waals surface area contributed by atoms with Crippen molar-refractivity contribution in [2.45, 2.75) is 13.5 Å². The molecule has 0 radical (unpaired) electrons. The van der Waals surface area contributed by atoms with E-state index in [-0.39, 0.29) is 6.61 Å². The summed E-state index contributed by atoms with van der Waals surface area (Å²) in [7, 11) is 0. The number of aromatic nitrogens is 3. The van der Waals surface area contributed by atoms with Crippen LogP contribution in [0.15, 0.2) is 54.6 Å². The van der Waals surface area contributed by atoms with Crippen molar-refractivity contribution in [2.24, 2.45) is 0 Å². The summed E-state index contributed by atoms with van der Waals surface area (Å²) < 4.78 is 1.76. The summed E-state index contributed by atoms with van der Waals surface area (Å²) in [4.78, 5) is 0. The molecular weight excluding hydrogens is 250 g/mol. The standard InChI is InChI=1S/C16H15N3O/c1-12-7-9-13(10-8-12)16-15(11-20)17-18-19(16)14-5-3-2-4-6-14/h2-10,20H,11H2,1H3. The lowest BCUT2D eigenvalue weighted by Gasteiger charge is -2.08. The lowest BCUT2D eigenvalue weighted by molar-refractivity contribution is 0.277. The van der Waals surface area contributed by atoms with Gasteiger partial charge in [0.05, 0.1) is 12.3 Å². The van der Waals surface area contributed by atoms with Gasteiger partial charge in [0.15, 0.2) is 0 Å². The van der Waals surface area contributed by atoms with Crippen LogP contribution in [0.4, 0.5) is 0 Å². The Bertz CT molecular complexity index is 702. The van der Waals surface area contributed by atoms with Gasteiger partial charge in [-0.1, -0.05) is 53.2 Å². The molecular formula is C16H15N3O. The third kappa shape index (κ3) is 2.21. The molecule has 3 rings (SSSR count). The van der Waals surface area contributed by atoms with Crippen molar-refractivity contribution in [1.82, 2.24) is 15.0 Å². The molecule has 20 heavy (non-hydrogen) atoms. The summed E-state index contributed by atoms with van der Waals surface area (Å²) in [5.41, 5.74) is 4.53. The molecule has 0 bridgehead atoms. The summed E-state index contributed by atoms with van der Waals surface area (Å²) >= 11 is 0. The lowest BCUT2D eigenvalue weighted by Crippen LogP contribution is -2.00. The van der Waals surface area contributed by atoms with Gasteiger partial charge in [-0.3, -0.25) is 0 Å². The van der Waals surface area contributed by atoms with Crippen molar-refractivity contribution in [3.8, 4) is 16.9 Å². The molecule has 2 aromatic carbocycles. The largest absolute Gasteiger partial charge is 0.390 e. The minimum absolute atomic E-state index is 0.129. The Morgan fingerprint density at radius 2 is 1.70 bits per heavy atom. The van der Waals surface area contributed by atoms with E-state index < -0.39 is 0 Å². The quantitative estimate of drug-likeness (QED) is 0.792. The van der Waals surface area contributed by atoms with E-state index in [1.165, 1.54) is 5.56 Å². The molecule has 3 aromatic rings. The second-order valence-corrected chi connectivity index (χ2v) is 4.66. The van der Waals surface area contributed by atoms with Gasteiger partial charge in [0.1, 0.15) is 11.4 Å². The highest BCUT2D eigenvalue weighted by Gasteiger charge is 2.15. The average Bonchev–Trinajstić information content (AvgIpc) is 2.93. The molecule has 0 unspecified atom stereocenters. The van der Waals surface area contributed by atoms with Crippen LogP contribution in [0.1, 0.15) is 11.3 Å². The van der Waals surface area contributed by atoms with Gasteiger partial charge in [-0.2, -0.15) is 0 Å². The molecule has 0 saturated carbocycles. The van der Waals surface area contributed by atoms with E-state index >= 15 is 0 Å². The van der Waals surface area contributed by atoms with E-state index in [9.17, 15) is 5.11 Å². The molecule has 0 aliphatic rings. The SMILES string of the molecule is Cc1ccc(-c2c(CO)nnn2-c2ccccc2)cc1. The maximum Gasteiger partial charge on any atom is 0.117 e. The van der Waals surface area contributed by atoms with Gasteiger partial charge in [-0.25, -0.2) is 4.68 Å². The Balaban J connectivity index is 2.18. The third-order valence-electron chi connectivity index (χ3n) is 3.22. The predicted octanol–water partition coefficient (Wildman–Crippen LogP) is 2.74. The van der Waals surface area contributed by atoms with E-state index in [1.54, 1.807) is 4.68 Å². The van der Waals surface area contributed by atoms with Gasteiger partial charge < -0.3 is 5.11 Å². The Morgan fingerprint density at radius 3 is 2.35 bits per heavy atom. The molecule has 4 nitrogen and oxygen atoms in total. The highest BCUT2D eigenvalue weighted by atomic mass is 16.3. The average molecular weight is 265 g/mol. The van der Waals surface area contributed by atoms with E-state index in [1.807, 2.05) is 61.5 Å². The zero-order chi connectivity index (χ0) is 13.9. The summed E-state index contributed by atoms with van der Waals surface area (Å²) in [5.74, 6) is 0. The predicted molar refractivity (Wildman–Crippen MR) is 77.5 cm³/mol. The van der Waals surface area contributed by atoms with Crippen LogP contribution in [0, 0.1) is 6.92 Å². The van der Waals surface area contributed by atoms with Crippen molar-refractivity contribution in [2.75, 3.05) is 0 Å². The molecule has 1 heterocycles. The minimum atomic E-state index is -0.129. The number of rotatable bonds is 3. The number of aliphatic hydroxyl groups excluding tert-OH is 1. The van der Waals surface area contributed by atoms with Crippen LogP contribution < -0.4 is 0 Å². The Labute approximate surface area is 117 Å². The van der Waals surface area contributed by atoms with E-state index in [2.05, 4.69) is 10.3 Å². The first-order valence-electron chi connectivity index (χ1n) is 6.47. The highest BCUT2D eigenvalue weighted by molar-refractivity contribution is 5.64. The maximum absolute atomic E-state index is 9.48. The third-order valence-corrected chi connectivity index (χ3v) is 3.22. The fourth-order valence-electron chi connectivity index (χ4n) is 2.17. The van der Waals surface area contributed by atoms with Crippen molar-refractivity contribution < 1.29 is 5.11 Å². The van der Waals surface area contributed by atoms with Crippen LogP contribution in [0.3, 0.4) is 0 Å². The molecule has 1 aromatic heterocycles. The molecule has 0 atom stereocenters. The molecule has 0 aliphatic carbocycles. The zero-order valence-electron chi connectivity index (χ0n) is 11.2. The molecule has 4 heteroatoms. The van der Waals surface area contributed by atoms with Gasteiger partial charge >= 0.3 is 0 Å². The van der Waals surface area contributed by atoms with E-state index in [0.717, 1.165) is 16.9 Å².